The number of hydrogen-bond donors (Lipinski definition) is 5. The van der Waals surface area contributed by atoms with Gasteiger partial charge in [0.05, 0.1) is 42.7 Å². The minimum absolute atomic E-state index is 0.0747. The predicted octanol–water partition coefficient (Wildman–Crippen LogP) is 6.81. The number of ether oxygens (including phenoxy) is 2. The fourth-order valence-corrected chi connectivity index (χ4v) is 6.74. The first-order valence-electron chi connectivity index (χ1n) is 18.7. The Morgan fingerprint density at radius 3 is 1.76 bits per heavy atom. The van der Waals surface area contributed by atoms with Crippen molar-refractivity contribution in [2.75, 3.05) is 0 Å². The number of carbonyl (C=O) groups excluding carboxylic acids is 1. The average molecular weight is 641 g/mol. The van der Waals surface area contributed by atoms with E-state index in [9.17, 15) is 30.3 Å². The molecule has 8 nitrogen and oxygen atoms in total. The zero-order valence-electron chi connectivity index (χ0n) is 28.6. The van der Waals surface area contributed by atoms with Crippen LogP contribution in [0.25, 0.3) is 0 Å². The summed E-state index contributed by atoms with van der Waals surface area (Å²) in [6, 6.07) is 0. The van der Waals surface area contributed by atoms with Crippen molar-refractivity contribution in [3.05, 3.63) is 11.6 Å². The molecule has 2 heterocycles. The summed E-state index contributed by atoms with van der Waals surface area (Å²) in [6.07, 6.45) is 20.3. The third-order valence-electron chi connectivity index (χ3n) is 9.79. The summed E-state index contributed by atoms with van der Waals surface area (Å²) in [5.74, 6) is -0.147. The Morgan fingerprint density at radius 2 is 1.18 bits per heavy atom. The quantitative estimate of drug-likeness (QED) is 0.0465. The van der Waals surface area contributed by atoms with Gasteiger partial charge in [-0.25, -0.2) is 4.79 Å². The van der Waals surface area contributed by atoms with Gasteiger partial charge in [0.25, 0.3) is 0 Å². The molecular weight excluding hydrogens is 572 g/mol. The highest BCUT2D eigenvalue weighted by molar-refractivity contribution is 5.90. The Hall–Kier alpha value is -1.03. The first kappa shape index (κ1) is 40.1. The van der Waals surface area contributed by atoms with Gasteiger partial charge in [-0.1, -0.05) is 96.8 Å². The molecule has 45 heavy (non-hydrogen) atoms. The van der Waals surface area contributed by atoms with E-state index in [0.29, 0.717) is 12.8 Å². The molecule has 1 saturated heterocycles. The molecule has 5 N–H and O–H groups in total. The summed E-state index contributed by atoms with van der Waals surface area (Å²) in [5.41, 5.74) is 0.837. The molecule has 1 fully saturated rings. The number of esters is 1. The van der Waals surface area contributed by atoms with Gasteiger partial charge in [0.15, 0.2) is 0 Å². The number of unbranched alkanes of at least 4 members (excludes halogenated alkanes) is 13. The van der Waals surface area contributed by atoms with Crippen molar-refractivity contribution < 1.29 is 39.8 Å². The molecule has 0 aromatic heterocycles. The SMILES string of the molecule is CCCCCCCCCCC(O)C(O)CCC(O)C(O)CCC(O)C1CCC(CCCCCCCCCC2=C[C@H](C)OC2=O)O1. The van der Waals surface area contributed by atoms with Gasteiger partial charge in [0.1, 0.15) is 6.10 Å². The number of aliphatic hydroxyl groups excluding tert-OH is 5. The molecule has 0 aromatic rings. The van der Waals surface area contributed by atoms with Crippen LogP contribution < -0.4 is 0 Å². The highest BCUT2D eigenvalue weighted by Gasteiger charge is 2.31. The molecule has 264 valence electrons. The van der Waals surface area contributed by atoms with Crippen LogP contribution in [0.4, 0.5) is 0 Å². The average Bonchev–Trinajstić information content (AvgIpc) is 3.63. The van der Waals surface area contributed by atoms with Crippen LogP contribution in [0.5, 0.6) is 0 Å². The summed E-state index contributed by atoms with van der Waals surface area (Å²) in [4.78, 5) is 11.6. The lowest BCUT2D eigenvalue weighted by Crippen LogP contribution is -2.33. The van der Waals surface area contributed by atoms with Gasteiger partial charge < -0.3 is 35.0 Å². The monoisotopic (exact) mass is 640 g/mol. The highest BCUT2D eigenvalue weighted by atomic mass is 16.5. The molecule has 0 aromatic carbocycles. The number of carbonyl (C=O) groups is 1. The molecule has 0 amide bonds. The second-order valence-electron chi connectivity index (χ2n) is 13.9. The molecule has 7 unspecified atom stereocenters. The minimum atomic E-state index is -0.994. The normalized spacial score (nSPS) is 23.5. The van der Waals surface area contributed by atoms with Crippen LogP contribution >= 0.6 is 0 Å². The molecule has 8 heteroatoms. The maximum atomic E-state index is 11.6. The molecule has 8 atom stereocenters. The molecule has 0 radical (unpaired) electrons. The van der Waals surface area contributed by atoms with E-state index in [2.05, 4.69) is 6.92 Å². The lowest BCUT2D eigenvalue weighted by Gasteiger charge is -2.24. The van der Waals surface area contributed by atoms with Crippen LogP contribution in [0.1, 0.15) is 168 Å². The van der Waals surface area contributed by atoms with Crippen molar-refractivity contribution in [3.63, 3.8) is 0 Å². The summed E-state index contributed by atoms with van der Waals surface area (Å²) in [5, 5.41) is 52.0. The van der Waals surface area contributed by atoms with Crippen LogP contribution in [0.2, 0.25) is 0 Å². The standard InChI is InChI=1S/C37H68O8/c1-3-4-5-6-7-11-14-17-20-31(38)32(39)22-23-33(40)34(41)24-25-35(42)36-26-21-30(45-36)19-16-13-10-8-9-12-15-18-29-27-28(2)44-37(29)43/h27-28,30-36,38-42H,3-26H2,1-2H3/t28-,30?,31?,32?,33?,34?,35?,36?/m0/s1. The zero-order chi connectivity index (χ0) is 32.9. The van der Waals surface area contributed by atoms with E-state index in [4.69, 9.17) is 9.47 Å². The van der Waals surface area contributed by atoms with Gasteiger partial charge in [0.2, 0.25) is 0 Å². The Morgan fingerprint density at radius 1 is 0.667 bits per heavy atom. The van der Waals surface area contributed by atoms with Gasteiger partial charge in [-0.2, -0.15) is 0 Å². The van der Waals surface area contributed by atoms with Crippen molar-refractivity contribution in [1.29, 1.82) is 0 Å². The molecule has 0 bridgehead atoms. The number of cyclic esters (lactones) is 1. The van der Waals surface area contributed by atoms with Crippen LogP contribution in [-0.4, -0.2) is 80.3 Å². The predicted molar refractivity (Wildman–Crippen MR) is 179 cm³/mol. The van der Waals surface area contributed by atoms with Gasteiger partial charge in [-0.3, -0.25) is 0 Å². The van der Waals surface area contributed by atoms with E-state index in [1.165, 1.54) is 64.2 Å². The lowest BCUT2D eigenvalue weighted by atomic mass is 9.96. The van der Waals surface area contributed by atoms with E-state index in [1.807, 2.05) is 13.0 Å². The molecule has 0 aliphatic carbocycles. The summed E-state index contributed by atoms with van der Waals surface area (Å²) < 4.78 is 11.3. The second-order valence-corrected chi connectivity index (χ2v) is 13.9. The summed E-state index contributed by atoms with van der Waals surface area (Å²) in [7, 11) is 0. The zero-order valence-corrected chi connectivity index (χ0v) is 28.6. The van der Waals surface area contributed by atoms with E-state index in [0.717, 1.165) is 63.4 Å². The van der Waals surface area contributed by atoms with Gasteiger partial charge >= 0.3 is 5.97 Å². The first-order chi connectivity index (χ1) is 21.7. The van der Waals surface area contributed by atoms with E-state index >= 15 is 0 Å². The maximum Gasteiger partial charge on any atom is 0.334 e. The third kappa shape index (κ3) is 17.6. The van der Waals surface area contributed by atoms with Crippen LogP contribution in [-0.2, 0) is 14.3 Å². The van der Waals surface area contributed by atoms with Crippen molar-refractivity contribution in [2.24, 2.45) is 0 Å². The summed E-state index contributed by atoms with van der Waals surface area (Å²) in [6.45, 7) is 4.11. The second kappa shape index (κ2) is 24.2. The smallest absolute Gasteiger partial charge is 0.334 e. The van der Waals surface area contributed by atoms with Crippen LogP contribution in [0.15, 0.2) is 11.6 Å². The Balaban J connectivity index is 1.44. The van der Waals surface area contributed by atoms with Gasteiger partial charge in [-0.05, 0) is 77.2 Å². The Bertz CT molecular complexity index is 788. The maximum absolute atomic E-state index is 11.6. The first-order valence-corrected chi connectivity index (χ1v) is 18.7. The van der Waals surface area contributed by atoms with Crippen molar-refractivity contribution in [3.8, 4) is 0 Å². The lowest BCUT2D eigenvalue weighted by molar-refractivity contribution is -0.139. The van der Waals surface area contributed by atoms with Crippen LogP contribution in [0, 0.1) is 0 Å². The van der Waals surface area contributed by atoms with Crippen LogP contribution in [0.3, 0.4) is 0 Å². The van der Waals surface area contributed by atoms with Gasteiger partial charge in [0, 0.05) is 5.57 Å². The van der Waals surface area contributed by atoms with Crippen molar-refractivity contribution in [2.45, 2.75) is 217 Å². The molecule has 0 saturated carbocycles. The Labute approximate surface area is 274 Å². The third-order valence-corrected chi connectivity index (χ3v) is 9.79. The number of rotatable bonds is 28. The fourth-order valence-electron chi connectivity index (χ4n) is 6.74. The number of aliphatic hydroxyl groups is 5. The molecule has 2 rings (SSSR count). The van der Waals surface area contributed by atoms with Crippen molar-refractivity contribution >= 4 is 5.97 Å². The molecule has 0 spiro atoms. The van der Waals surface area contributed by atoms with E-state index < -0.39 is 30.5 Å². The van der Waals surface area contributed by atoms with Gasteiger partial charge in [-0.15, -0.1) is 0 Å². The summed E-state index contributed by atoms with van der Waals surface area (Å²) >= 11 is 0. The topological polar surface area (TPSA) is 137 Å². The van der Waals surface area contributed by atoms with E-state index in [-0.39, 0.29) is 43.5 Å². The molecule has 2 aliphatic rings. The van der Waals surface area contributed by atoms with E-state index in [1.54, 1.807) is 0 Å². The fraction of sp³-hybridized carbons (Fsp3) is 0.919. The highest BCUT2D eigenvalue weighted by Crippen LogP contribution is 2.28. The molecular formula is C37H68O8. The largest absolute Gasteiger partial charge is 0.455 e. The van der Waals surface area contributed by atoms with Crippen molar-refractivity contribution in [1.82, 2.24) is 0 Å². The molecule has 2 aliphatic heterocycles. The minimum Gasteiger partial charge on any atom is -0.455 e. The number of hydrogen-bond acceptors (Lipinski definition) is 8. The Kier molecular flexibility index (Phi) is 21.6.